The predicted molar refractivity (Wildman–Crippen MR) is 123 cm³/mol. The first-order valence-electron chi connectivity index (χ1n) is 13.0. The van der Waals surface area contributed by atoms with Gasteiger partial charge >= 0.3 is 0 Å². The molecule has 31 heavy (non-hydrogen) atoms. The van der Waals surface area contributed by atoms with Crippen molar-refractivity contribution in [3.8, 4) is 0 Å². The highest BCUT2D eigenvalue weighted by molar-refractivity contribution is 4.90. The summed E-state index contributed by atoms with van der Waals surface area (Å²) in [6.45, 7) is 3.89. The number of allylic oxidation sites excluding steroid dienone is 3. The molecule has 2 nitrogen and oxygen atoms in total. The number of rotatable bonds is 10. The first-order valence-corrected chi connectivity index (χ1v) is 13.0. The van der Waals surface area contributed by atoms with Crippen molar-refractivity contribution in [2.24, 2.45) is 29.6 Å². The van der Waals surface area contributed by atoms with Crippen molar-refractivity contribution in [1.29, 1.82) is 0 Å². The summed E-state index contributed by atoms with van der Waals surface area (Å²) in [7, 11) is 0. The Kier molecular flexibility index (Phi) is 11.0. The van der Waals surface area contributed by atoms with E-state index in [1.807, 2.05) is 0 Å². The van der Waals surface area contributed by atoms with E-state index in [1.54, 1.807) is 0 Å². The monoisotopic (exact) mass is 438 g/mol. The molecule has 0 spiro atoms. The Hall–Kier alpha value is -0.740. The lowest BCUT2D eigenvalue weighted by Gasteiger charge is -2.37. The lowest BCUT2D eigenvalue weighted by Crippen LogP contribution is -2.37. The van der Waals surface area contributed by atoms with Gasteiger partial charge in [0, 0.05) is 5.92 Å². The first-order chi connectivity index (χ1) is 15.1. The topological polar surface area (TPSA) is 18.5 Å². The molecule has 3 aliphatic rings. The summed E-state index contributed by atoms with van der Waals surface area (Å²) in [6, 6.07) is 0. The number of ether oxygens (including phenoxy) is 2. The van der Waals surface area contributed by atoms with Crippen LogP contribution in [-0.2, 0) is 9.47 Å². The minimum Gasteiger partial charge on any atom is -0.352 e. The average Bonchev–Trinajstić information content (AvgIpc) is 2.79. The molecule has 0 unspecified atom stereocenters. The van der Waals surface area contributed by atoms with Gasteiger partial charge in [-0.2, -0.15) is 8.78 Å². The van der Waals surface area contributed by atoms with Crippen molar-refractivity contribution in [2.75, 3.05) is 13.2 Å². The van der Waals surface area contributed by atoms with Crippen LogP contribution in [0.15, 0.2) is 24.3 Å². The van der Waals surface area contributed by atoms with E-state index >= 15 is 0 Å². The molecule has 0 radical (unpaired) electrons. The van der Waals surface area contributed by atoms with Gasteiger partial charge in [-0.3, -0.25) is 0 Å². The van der Waals surface area contributed by atoms with E-state index in [0.717, 1.165) is 49.9 Å². The van der Waals surface area contributed by atoms with Crippen molar-refractivity contribution in [1.82, 2.24) is 0 Å². The summed E-state index contributed by atoms with van der Waals surface area (Å²) in [5.41, 5.74) is 0. The Morgan fingerprint density at radius 3 is 2.00 bits per heavy atom. The van der Waals surface area contributed by atoms with Crippen LogP contribution in [-0.4, -0.2) is 19.5 Å². The van der Waals surface area contributed by atoms with Crippen molar-refractivity contribution >= 4 is 0 Å². The van der Waals surface area contributed by atoms with E-state index in [0.29, 0.717) is 18.3 Å². The Morgan fingerprint density at radius 2 is 1.39 bits per heavy atom. The summed E-state index contributed by atoms with van der Waals surface area (Å²) in [5, 5.41) is 0. The van der Waals surface area contributed by atoms with Gasteiger partial charge in [-0.05, 0) is 88.0 Å². The molecule has 2 aliphatic carbocycles. The Balaban J connectivity index is 1.20. The highest BCUT2D eigenvalue weighted by atomic mass is 19.3. The third kappa shape index (κ3) is 8.96. The van der Waals surface area contributed by atoms with Gasteiger partial charge in [0.25, 0.3) is 6.08 Å². The average molecular weight is 439 g/mol. The molecule has 178 valence electrons. The van der Waals surface area contributed by atoms with Gasteiger partial charge in [-0.15, -0.1) is 0 Å². The van der Waals surface area contributed by atoms with Crippen molar-refractivity contribution in [3.63, 3.8) is 0 Å². The first kappa shape index (κ1) is 24.9. The van der Waals surface area contributed by atoms with E-state index in [9.17, 15) is 8.78 Å². The normalized spacial score (nSPS) is 34.7. The molecule has 0 aromatic rings. The SMILES string of the molecule is C/C=C/C1CCC(C2COC(CCCCC3CCC(CCC=C(F)F)CC3)OC2)CC1. The summed E-state index contributed by atoms with van der Waals surface area (Å²) in [6.07, 6.45) is 20.7. The smallest absolute Gasteiger partial charge is 0.266 e. The van der Waals surface area contributed by atoms with Crippen LogP contribution in [0.4, 0.5) is 8.78 Å². The lowest BCUT2D eigenvalue weighted by atomic mass is 9.76. The van der Waals surface area contributed by atoms with Crippen LogP contribution >= 0.6 is 0 Å². The Morgan fingerprint density at radius 1 is 0.774 bits per heavy atom. The second-order valence-corrected chi connectivity index (χ2v) is 10.3. The number of halogens is 2. The third-order valence-corrected chi connectivity index (χ3v) is 8.08. The molecule has 1 aliphatic heterocycles. The van der Waals surface area contributed by atoms with E-state index in [1.165, 1.54) is 70.6 Å². The molecular formula is C27H44F2O2. The Labute approximate surface area is 188 Å². The van der Waals surface area contributed by atoms with Gasteiger partial charge in [0.15, 0.2) is 6.29 Å². The quantitative estimate of drug-likeness (QED) is 0.252. The molecule has 2 saturated carbocycles. The number of hydrogen-bond donors (Lipinski definition) is 0. The maximum absolute atomic E-state index is 12.1. The van der Waals surface area contributed by atoms with Crippen LogP contribution in [0.3, 0.4) is 0 Å². The minimum atomic E-state index is -1.53. The zero-order chi connectivity index (χ0) is 21.9. The maximum atomic E-state index is 12.1. The fraction of sp³-hybridized carbons (Fsp3) is 0.852. The second kappa shape index (κ2) is 13.7. The van der Waals surface area contributed by atoms with Crippen LogP contribution < -0.4 is 0 Å². The van der Waals surface area contributed by atoms with Crippen LogP contribution in [0, 0.1) is 29.6 Å². The minimum absolute atomic E-state index is 0.00954. The molecule has 3 fully saturated rings. The summed E-state index contributed by atoms with van der Waals surface area (Å²) < 4.78 is 36.5. The summed E-state index contributed by atoms with van der Waals surface area (Å²) in [4.78, 5) is 0. The van der Waals surface area contributed by atoms with E-state index in [4.69, 9.17) is 9.47 Å². The molecule has 1 saturated heterocycles. The van der Waals surface area contributed by atoms with Gasteiger partial charge in [-0.1, -0.05) is 50.7 Å². The highest BCUT2D eigenvalue weighted by Gasteiger charge is 2.31. The van der Waals surface area contributed by atoms with Gasteiger partial charge < -0.3 is 9.47 Å². The number of hydrogen-bond acceptors (Lipinski definition) is 2. The Bertz CT molecular complexity index is 533. The van der Waals surface area contributed by atoms with Gasteiger partial charge in [0.2, 0.25) is 0 Å². The van der Waals surface area contributed by atoms with E-state index in [2.05, 4.69) is 19.1 Å². The van der Waals surface area contributed by atoms with E-state index < -0.39 is 6.08 Å². The number of unbranched alkanes of at least 4 members (excludes halogenated alkanes) is 1. The second-order valence-electron chi connectivity index (χ2n) is 10.3. The molecule has 0 aromatic carbocycles. The molecule has 3 rings (SSSR count). The maximum Gasteiger partial charge on any atom is 0.266 e. The third-order valence-electron chi connectivity index (χ3n) is 8.08. The van der Waals surface area contributed by atoms with Gasteiger partial charge in [0.1, 0.15) is 0 Å². The molecule has 0 bridgehead atoms. The molecule has 1 heterocycles. The molecule has 0 N–H and O–H groups in total. The zero-order valence-corrected chi connectivity index (χ0v) is 19.6. The van der Waals surface area contributed by atoms with Crippen LogP contribution in [0.1, 0.15) is 96.8 Å². The van der Waals surface area contributed by atoms with Crippen molar-refractivity contribution in [2.45, 2.75) is 103 Å². The zero-order valence-electron chi connectivity index (χ0n) is 19.6. The van der Waals surface area contributed by atoms with Gasteiger partial charge in [0.05, 0.1) is 13.2 Å². The molecule has 4 heteroatoms. The fourth-order valence-corrected chi connectivity index (χ4v) is 6.06. The summed E-state index contributed by atoms with van der Waals surface area (Å²) in [5.74, 6) is 3.65. The molecule has 0 aromatic heterocycles. The molecular weight excluding hydrogens is 394 g/mol. The van der Waals surface area contributed by atoms with Crippen LogP contribution in [0.2, 0.25) is 0 Å². The standard InChI is InChI=1S/C27H44F2O2/c1-2-6-21-15-17-24(18-16-21)25-19-30-27(31-20-25)10-4-3-7-22-11-13-23(14-12-22)8-5-9-26(28)29/h2,6,9,21-25,27H,3-5,7-8,10-20H2,1H3/b6-2+. The van der Waals surface area contributed by atoms with Gasteiger partial charge in [-0.25, -0.2) is 0 Å². The van der Waals surface area contributed by atoms with Crippen molar-refractivity contribution < 1.29 is 18.3 Å². The lowest BCUT2D eigenvalue weighted by molar-refractivity contribution is -0.212. The largest absolute Gasteiger partial charge is 0.352 e. The van der Waals surface area contributed by atoms with Crippen molar-refractivity contribution in [3.05, 3.63) is 24.3 Å². The molecule has 0 atom stereocenters. The van der Waals surface area contributed by atoms with E-state index in [-0.39, 0.29) is 6.29 Å². The van der Waals surface area contributed by atoms with Crippen LogP contribution in [0.5, 0.6) is 0 Å². The molecule has 0 amide bonds. The van der Waals surface area contributed by atoms with Crippen LogP contribution in [0.25, 0.3) is 0 Å². The highest BCUT2D eigenvalue weighted by Crippen LogP contribution is 2.37. The fourth-order valence-electron chi connectivity index (χ4n) is 6.06. The predicted octanol–water partition coefficient (Wildman–Crippen LogP) is 8.29. The summed E-state index contributed by atoms with van der Waals surface area (Å²) >= 11 is 0.